The van der Waals surface area contributed by atoms with Gasteiger partial charge in [-0.2, -0.15) is 0 Å². The summed E-state index contributed by atoms with van der Waals surface area (Å²) < 4.78 is 2.62. The zero-order valence-corrected chi connectivity index (χ0v) is 10.7. The zero-order valence-electron chi connectivity index (χ0n) is 10.7. The molecule has 92 valence electrons. The number of aromatic nitrogens is 1. The number of rotatable bonds is 1. The van der Waals surface area contributed by atoms with Gasteiger partial charge in [0.2, 0.25) is 0 Å². The van der Waals surface area contributed by atoms with E-state index in [9.17, 15) is 0 Å². The van der Waals surface area contributed by atoms with Gasteiger partial charge in [0.1, 0.15) is 0 Å². The summed E-state index contributed by atoms with van der Waals surface area (Å²) in [5.74, 6) is 0. The first-order valence-corrected chi connectivity index (χ1v) is 7.28. The summed E-state index contributed by atoms with van der Waals surface area (Å²) >= 11 is 0. The van der Waals surface area contributed by atoms with E-state index >= 15 is 0 Å². The molecule has 1 aromatic heterocycles. The molecule has 0 N–H and O–H groups in total. The van der Waals surface area contributed by atoms with Crippen LogP contribution in [-0.4, -0.2) is 22.1 Å². The van der Waals surface area contributed by atoms with Gasteiger partial charge in [-0.05, 0) is 30.4 Å². The highest BCUT2D eigenvalue weighted by molar-refractivity contribution is 5.89. The molecule has 0 radical (unpaired) electrons. The molecule has 1 aromatic carbocycles. The molecule has 1 fully saturated rings. The fourth-order valence-electron chi connectivity index (χ4n) is 4.03. The molecule has 5 rings (SSSR count). The summed E-state index contributed by atoms with van der Waals surface area (Å²) in [6.45, 7) is 3.70. The molecule has 0 atom stereocenters. The molecule has 0 amide bonds. The van der Waals surface area contributed by atoms with Crippen molar-refractivity contribution in [2.75, 3.05) is 6.54 Å². The van der Waals surface area contributed by atoms with Crippen LogP contribution in [0.4, 0.5) is 0 Å². The predicted molar refractivity (Wildman–Crippen MR) is 72.8 cm³/mol. The van der Waals surface area contributed by atoms with Crippen LogP contribution in [0.15, 0.2) is 18.2 Å². The first-order chi connectivity index (χ1) is 8.92. The van der Waals surface area contributed by atoms with E-state index in [4.69, 9.17) is 0 Å². The lowest BCUT2D eigenvalue weighted by molar-refractivity contribution is 0.242. The number of para-hydroxylation sites is 1. The van der Waals surface area contributed by atoms with E-state index in [2.05, 4.69) is 27.7 Å². The van der Waals surface area contributed by atoms with Gasteiger partial charge in [-0.3, -0.25) is 4.90 Å². The van der Waals surface area contributed by atoms with E-state index < -0.39 is 0 Å². The van der Waals surface area contributed by atoms with Crippen molar-refractivity contribution in [1.29, 1.82) is 0 Å². The second-order valence-corrected chi connectivity index (χ2v) is 6.09. The SMILES string of the molecule is c1cc2c3c(c1)c1c(n3CC2)CCN(C2CC2)C1. The van der Waals surface area contributed by atoms with Gasteiger partial charge in [-0.15, -0.1) is 0 Å². The lowest BCUT2D eigenvalue weighted by Gasteiger charge is -2.28. The number of fused-ring (bicyclic) bond motifs is 3. The van der Waals surface area contributed by atoms with Crippen LogP contribution in [0, 0.1) is 0 Å². The summed E-state index contributed by atoms with van der Waals surface area (Å²) in [4.78, 5) is 2.71. The van der Waals surface area contributed by atoms with Crippen LogP contribution in [0.3, 0.4) is 0 Å². The molecule has 0 bridgehead atoms. The Morgan fingerprint density at radius 1 is 1.06 bits per heavy atom. The largest absolute Gasteiger partial charge is 0.344 e. The third kappa shape index (κ3) is 1.12. The summed E-state index contributed by atoms with van der Waals surface area (Å²) in [5.41, 5.74) is 6.41. The Labute approximate surface area is 107 Å². The minimum Gasteiger partial charge on any atom is -0.344 e. The number of aryl methyl sites for hydroxylation is 2. The highest BCUT2D eigenvalue weighted by atomic mass is 15.2. The molecule has 18 heavy (non-hydrogen) atoms. The van der Waals surface area contributed by atoms with Crippen molar-refractivity contribution in [2.24, 2.45) is 0 Å². The van der Waals surface area contributed by atoms with Crippen LogP contribution in [0.25, 0.3) is 10.9 Å². The smallest absolute Gasteiger partial charge is 0.0519 e. The Morgan fingerprint density at radius 3 is 2.89 bits per heavy atom. The number of hydrogen-bond acceptors (Lipinski definition) is 1. The van der Waals surface area contributed by atoms with Crippen molar-refractivity contribution in [2.45, 2.75) is 44.8 Å². The average molecular weight is 238 g/mol. The van der Waals surface area contributed by atoms with Gasteiger partial charge < -0.3 is 4.57 Å². The molecule has 1 aliphatic carbocycles. The molecule has 3 aliphatic rings. The summed E-state index contributed by atoms with van der Waals surface area (Å²) in [5, 5.41) is 1.55. The molecule has 2 aliphatic heterocycles. The van der Waals surface area contributed by atoms with E-state index in [1.54, 1.807) is 27.7 Å². The molecule has 1 saturated carbocycles. The first-order valence-electron chi connectivity index (χ1n) is 7.28. The maximum Gasteiger partial charge on any atom is 0.0519 e. The number of nitrogens with zero attached hydrogens (tertiary/aromatic N) is 2. The van der Waals surface area contributed by atoms with E-state index in [1.807, 2.05) is 0 Å². The van der Waals surface area contributed by atoms with Crippen LogP contribution in [0.5, 0.6) is 0 Å². The number of hydrogen-bond donors (Lipinski definition) is 0. The van der Waals surface area contributed by atoms with E-state index in [0.717, 1.165) is 6.04 Å². The molecule has 2 heteroatoms. The van der Waals surface area contributed by atoms with Crippen LogP contribution < -0.4 is 0 Å². The first kappa shape index (κ1) is 9.62. The van der Waals surface area contributed by atoms with E-state index in [-0.39, 0.29) is 0 Å². The predicted octanol–water partition coefficient (Wildman–Crippen LogP) is 2.72. The van der Waals surface area contributed by atoms with Gasteiger partial charge >= 0.3 is 0 Å². The molecule has 2 nitrogen and oxygen atoms in total. The van der Waals surface area contributed by atoms with Gasteiger partial charge in [0.05, 0.1) is 5.52 Å². The van der Waals surface area contributed by atoms with Crippen molar-refractivity contribution in [3.05, 3.63) is 35.0 Å². The summed E-state index contributed by atoms with van der Waals surface area (Å²) in [7, 11) is 0. The van der Waals surface area contributed by atoms with E-state index in [0.29, 0.717) is 0 Å². The topological polar surface area (TPSA) is 8.17 Å². The van der Waals surface area contributed by atoms with Crippen molar-refractivity contribution >= 4 is 10.9 Å². The summed E-state index contributed by atoms with van der Waals surface area (Å²) in [6.07, 6.45) is 5.37. The van der Waals surface area contributed by atoms with Gasteiger partial charge in [0.25, 0.3) is 0 Å². The van der Waals surface area contributed by atoms with E-state index in [1.165, 1.54) is 45.3 Å². The molecular formula is C16H18N2. The molecule has 3 heterocycles. The highest BCUT2D eigenvalue weighted by Crippen LogP contribution is 2.39. The Balaban J connectivity index is 1.74. The standard InChI is InChI=1S/C16H18N2/c1-2-11-6-9-18-15-7-8-17(12-4-5-12)10-14(15)13(3-1)16(11)18/h1-3,12H,4-10H2. The minimum atomic E-state index is 0.905. The molecule has 2 aromatic rings. The number of benzene rings is 1. The van der Waals surface area contributed by atoms with Crippen molar-refractivity contribution in [1.82, 2.24) is 9.47 Å². The summed E-state index contributed by atoms with van der Waals surface area (Å²) in [6, 6.07) is 7.82. The van der Waals surface area contributed by atoms with Gasteiger partial charge in [-0.1, -0.05) is 18.2 Å². The van der Waals surface area contributed by atoms with Gasteiger partial charge in [-0.25, -0.2) is 0 Å². The lowest BCUT2D eigenvalue weighted by atomic mass is 10.0. The Kier molecular flexibility index (Phi) is 1.70. The lowest BCUT2D eigenvalue weighted by Crippen LogP contribution is -2.32. The molecule has 0 saturated heterocycles. The Hall–Kier alpha value is -1.28. The molecule has 0 unspecified atom stereocenters. The van der Waals surface area contributed by atoms with Crippen molar-refractivity contribution < 1.29 is 0 Å². The van der Waals surface area contributed by atoms with Crippen molar-refractivity contribution in [3.63, 3.8) is 0 Å². The van der Waals surface area contributed by atoms with Crippen LogP contribution in [-0.2, 0) is 25.9 Å². The fraction of sp³-hybridized carbons (Fsp3) is 0.500. The van der Waals surface area contributed by atoms with Gasteiger partial charge in [0.15, 0.2) is 0 Å². The molecule has 0 spiro atoms. The highest BCUT2D eigenvalue weighted by Gasteiger charge is 2.34. The second-order valence-electron chi connectivity index (χ2n) is 6.09. The average Bonchev–Trinajstić information content (AvgIpc) is 3.10. The zero-order chi connectivity index (χ0) is 11.7. The molecular weight excluding hydrogens is 220 g/mol. The third-order valence-corrected chi connectivity index (χ3v) is 5.05. The van der Waals surface area contributed by atoms with Crippen LogP contribution >= 0.6 is 0 Å². The normalized spacial score (nSPS) is 22.7. The third-order valence-electron chi connectivity index (χ3n) is 5.05. The van der Waals surface area contributed by atoms with Crippen molar-refractivity contribution in [3.8, 4) is 0 Å². The fourth-order valence-corrected chi connectivity index (χ4v) is 4.03. The quantitative estimate of drug-likeness (QED) is 0.741. The maximum absolute atomic E-state index is 2.71. The maximum atomic E-state index is 2.71. The van der Waals surface area contributed by atoms with Crippen LogP contribution in [0.2, 0.25) is 0 Å². The van der Waals surface area contributed by atoms with Gasteiger partial charge in [0, 0.05) is 43.2 Å². The monoisotopic (exact) mass is 238 g/mol. The minimum absolute atomic E-state index is 0.905. The Bertz CT molecular complexity index is 649. The second kappa shape index (κ2) is 3.18. The van der Waals surface area contributed by atoms with Crippen LogP contribution in [0.1, 0.15) is 29.7 Å². The Morgan fingerprint density at radius 2 is 2.00 bits per heavy atom.